The number of piperazine rings is 1. The van der Waals surface area contributed by atoms with Crippen LogP contribution in [0.5, 0.6) is 0 Å². The monoisotopic (exact) mass is 388 g/mol. The molecule has 1 aliphatic heterocycles. The van der Waals surface area contributed by atoms with E-state index in [-0.39, 0.29) is 16.6 Å². The highest BCUT2D eigenvalue weighted by molar-refractivity contribution is 8.23. The summed E-state index contributed by atoms with van der Waals surface area (Å²) in [7, 11) is -1.66. The van der Waals surface area contributed by atoms with E-state index in [2.05, 4.69) is 22.2 Å². The van der Waals surface area contributed by atoms with E-state index < -0.39 is 10.0 Å². The van der Waals surface area contributed by atoms with Crippen molar-refractivity contribution in [3.05, 3.63) is 24.3 Å². The van der Waals surface area contributed by atoms with Crippen LogP contribution >= 0.6 is 24.0 Å². The van der Waals surface area contributed by atoms with Gasteiger partial charge >= 0.3 is 0 Å². The molecule has 0 bridgehead atoms. The molecule has 0 saturated carbocycles. The van der Waals surface area contributed by atoms with Crippen molar-refractivity contribution < 1.29 is 13.2 Å². The predicted octanol–water partition coefficient (Wildman–Crippen LogP) is 0.538. The van der Waals surface area contributed by atoms with E-state index in [4.69, 9.17) is 17.4 Å². The second-order valence-electron chi connectivity index (χ2n) is 5.46. The maximum atomic E-state index is 12.0. The highest BCUT2D eigenvalue weighted by atomic mass is 32.2. The highest BCUT2D eigenvalue weighted by Gasteiger charge is 2.17. The molecule has 0 aliphatic carbocycles. The lowest BCUT2D eigenvalue weighted by molar-refractivity contribution is -0.113. The molecule has 1 aromatic rings. The number of nitrogens with one attached hydrogen (secondary N) is 1. The Kier molecular flexibility index (Phi) is 6.58. The number of sulfonamides is 1. The number of nitrogens with two attached hydrogens (primary N) is 1. The van der Waals surface area contributed by atoms with E-state index >= 15 is 0 Å². The Bertz CT molecular complexity index is 698. The van der Waals surface area contributed by atoms with E-state index in [0.717, 1.165) is 30.5 Å². The van der Waals surface area contributed by atoms with Crippen LogP contribution in [0.15, 0.2) is 29.2 Å². The summed E-state index contributed by atoms with van der Waals surface area (Å²) in [5.74, 6) is 0.0158. The molecule has 0 spiro atoms. The Morgan fingerprint density at radius 3 is 2.38 bits per heavy atom. The molecule has 1 aromatic carbocycles. The largest absolute Gasteiger partial charge is 0.355 e. The van der Waals surface area contributed by atoms with Gasteiger partial charge in [-0.25, -0.2) is 13.6 Å². The lowest BCUT2D eigenvalue weighted by Crippen LogP contribution is -2.46. The van der Waals surface area contributed by atoms with Crippen LogP contribution in [0, 0.1) is 0 Å². The number of likely N-dealkylation sites (N-methyl/N-ethyl adjacent to an activating group) is 1. The van der Waals surface area contributed by atoms with Gasteiger partial charge in [0, 0.05) is 31.9 Å². The first kappa shape index (κ1) is 19.1. The fourth-order valence-corrected chi connectivity index (χ4v) is 3.70. The number of amides is 1. The number of primary sulfonamides is 1. The van der Waals surface area contributed by atoms with Crippen LogP contribution in [0.2, 0.25) is 0 Å². The Morgan fingerprint density at radius 1 is 1.25 bits per heavy atom. The minimum atomic E-state index is -3.73. The van der Waals surface area contributed by atoms with E-state index in [1.54, 1.807) is 0 Å². The molecule has 0 radical (unpaired) electrons. The molecule has 2 rings (SSSR count). The summed E-state index contributed by atoms with van der Waals surface area (Å²) in [4.78, 5) is 16.3. The van der Waals surface area contributed by atoms with Gasteiger partial charge in [0.15, 0.2) is 0 Å². The zero-order valence-electron chi connectivity index (χ0n) is 13.3. The number of thiocarbonyl (C=S) groups is 1. The lowest BCUT2D eigenvalue weighted by Gasteiger charge is -2.33. The average Bonchev–Trinajstić information content (AvgIpc) is 2.53. The SMILES string of the molecule is CN1CCN(C(=S)SCC(=O)Nc2ccc(S(N)(=O)=O)cc2)CC1. The molecule has 7 nitrogen and oxygen atoms in total. The molecular weight excluding hydrogens is 368 g/mol. The smallest absolute Gasteiger partial charge is 0.238 e. The minimum Gasteiger partial charge on any atom is -0.355 e. The molecule has 1 amide bonds. The molecule has 0 aromatic heterocycles. The molecular formula is C14H20N4O3S3. The molecule has 24 heavy (non-hydrogen) atoms. The number of hydrogen-bond donors (Lipinski definition) is 2. The van der Waals surface area contributed by atoms with Crippen LogP contribution in [-0.4, -0.2) is 67.4 Å². The Labute approximate surface area is 151 Å². The molecule has 1 aliphatic rings. The molecule has 0 atom stereocenters. The maximum Gasteiger partial charge on any atom is 0.238 e. The standard InChI is InChI=1S/C14H20N4O3S3/c1-17-6-8-18(9-7-17)14(22)23-10-13(19)16-11-2-4-12(5-3-11)24(15,20)21/h2-5H,6-10H2,1H3,(H,16,19)(H2,15,20,21). The zero-order valence-corrected chi connectivity index (χ0v) is 15.7. The van der Waals surface area contributed by atoms with Gasteiger partial charge in [0.25, 0.3) is 0 Å². The molecule has 132 valence electrons. The molecule has 0 unspecified atom stereocenters. The number of anilines is 1. The van der Waals surface area contributed by atoms with Gasteiger partial charge in [0.2, 0.25) is 15.9 Å². The summed E-state index contributed by atoms with van der Waals surface area (Å²) in [6, 6.07) is 5.71. The average molecular weight is 389 g/mol. The first-order chi connectivity index (χ1) is 11.3. The van der Waals surface area contributed by atoms with E-state index in [9.17, 15) is 13.2 Å². The Morgan fingerprint density at radius 2 is 1.83 bits per heavy atom. The number of benzene rings is 1. The van der Waals surface area contributed by atoms with Gasteiger partial charge in [-0.3, -0.25) is 4.79 Å². The summed E-state index contributed by atoms with van der Waals surface area (Å²) < 4.78 is 23.1. The Balaban J connectivity index is 1.80. The van der Waals surface area contributed by atoms with Gasteiger partial charge in [-0.15, -0.1) is 0 Å². The number of hydrogen-bond acceptors (Lipinski definition) is 6. The zero-order chi connectivity index (χ0) is 17.7. The number of thioether (sulfide) groups is 1. The quantitative estimate of drug-likeness (QED) is 0.727. The van der Waals surface area contributed by atoms with Crippen LogP contribution in [0.3, 0.4) is 0 Å². The molecule has 1 heterocycles. The fourth-order valence-electron chi connectivity index (χ4n) is 2.13. The van der Waals surface area contributed by atoms with E-state index in [1.807, 2.05) is 0 Å². The summed E-state index contributed by atoms with van der Waals surface area (Å²) in [5.41, 5.74) is 0.513. The minimum absolute atomic E-state index is 0.00567. The number of nitrogens with zero attached hydrogens (tertiary/aromatic N) is 2. The van der Waals surface area contributed by atoms with Crippen LogP contribution in [0.4, 0.5) is 5.69 Å². The van der Waals surface area contributed by atoms with Crippen LogP contribution in [0.25, 0.3) is 0 Å². The second-order valence-corrected chi connectivity index (χ2v) is 8.63. The van der Waals surface area contributed by atoms with Crippen LogP contribution in [-0.2, 0) is 14.8 Å². The normalized spacial score (nSPS) is 16.0. The first-order valence-electron chi connectivity index (χ1n) is 7.28. The van der Waals surface area contributed by atoms with Gasteiger partial charge < -0.3 is 15.1 Å². The van der Waals surface area contributed by atoms with E-state index in [1.165, 1.54) is 36.0 Å². The topological polar surface area (TPSA) is 95.7 Å². The Hall–Kier alpha value is -1.20. The third kappa shape index (κ3) is 5.71. The van der Waals surface area contributed by atoms with Crippen molar-refractivity contribution in [1.82, 2.24) is 9.80 Å². The van der Waals surface area contributed by atoms with Crippen molar-refractivity contribution in [2.24, 2.45) is 5.14 Å². The van der Waals surface area contributed by atoms with E-state index in [0.29, 0.717) is 5.69 Å². The molecule has 1 saturated heterocycles. The second kappa shape index (κ2) is 8.26. The van der Waals surface area contributed by atoms with Crippen molar-refractivity contribution in [2.45, 2.75) is 4.90 Å². The van der Waals surface area contributed by atoms with Crippen molar-refractivity contribution in [3.8, 4) is 0 Å². The van der Waals surface area contributed by atoms with Gasteiger partial charge in [0.1, 0.15) is 4.32 Å². The summed E-state index contributed by atoms with van der Waals surface area (Å²) in [5, 5.41) is 7.73. The first-order valence-corrected chi connectivity index (χ1v) is 10.2. The van der Waals surface area contributed by atoms with Crippen LogP contribution in [0.1, 0.15) is 0 Å². The number of carbonyl (C=O) groups is 1. The fraction of sp³-hybridized carbons (Fsp3) is 0.429. The van der Waals surface area contributed by atoms with Gasteiger partial charge in [-0.05, 0) is 31.3 Å². The molecule has 10 heteroatoms. The number of carbonyl (C=O) groups excluding carboxylic acids is 1. The van der Waals surface area contributed by atoms with Gasteiger partial charge in [-0.2, -0.15) is 0 Å². The van der Waals surface area contributed by atoms with Crippen molar-refractivity contribution in [2.75, 3.05) is 44.3 Å². The predicted molar refractivity (Wildman–Crippen MR) is 101 cm³/mol. The van der Waals surface area contributed by atoms with Crippen molar-refractivity contribution in [1.29, 1.82) is 0 Å². The summed E-state index contributed by atoms with van der Waals surface area (Å²) in [6.07, 6.45) is 0. The maximum absolute atomic E-state index is 12.0. The van der Waals surface area contributed by atoms with Gasteiger partial charge in [0.05, 0.1) is 10.6 Å². The molecule has 3 N–H and O–H groups in total. The third-order valence-electron chi connectivity index (χ3n) is 3.55. The van der Waals surface area contributed by atoms with Crippen molar-refractivity contribution in [3.63, 3.8) is 0 Å². The third-order valence-corrected chi connectivity index (χ3v) is 6.01. The summed E-state index contributed by atoms with van der Waals surface area (Å²) >= 11 is 6.69. The van der Waals surface area contributed by atoms with Gasteiger partial charge in [-0.1, -0.05) is 24.0 Å². The lowest BCUT2D eigenvalue weighted by atomic mass is 10.3. The highest BCUT2D eigenvalue weighted by Crippen LogP contribution is 2.15. The molecule has 1 fully saturated rings. The number of rotatable bonds is 4. The summed E-state index contributed by atoms with van der Waals surface area (Å²) in [6.45, 7) is 3.67. The van der Waals surface area contributed by atoms with Crippen molar-refractivity contribution >= 4 is 49.9 Å². The van der Waals surface area contributed by atoms with Crippen LogP contribution < -0.4 is 10.5 Å².